The van der Waals surface area contributed by atoms with E-state index in [2.05, 4.69) is 10.3 Å². The molecule has 2 fully saturated rings. The van der Waals surface area contributed by atoms with Gasteiger partial charge in [-0.1, -0.05) is 23.7 Å². The van der Waals surface area contributed by atoms with Crippen molar-refractivity contribution in [3.63, 3.8) is 0 Å². The van der Waals surface area contributed by atoms with E-state index in [1.54, 1.807) is 13.8 Å². The normalized spacial score (nSPS) is 21.8. The summed E-state index contributed by atoms with van der Waals surface area (Å²) in [6, 6.07) is 3.90. The summed E-state index contributed by atoms with van der Waals surface area (Å²) in [5.41, 5.74) is -1.45. The van der Waals surface area contributed by atoms with Crippen molar-refractivity contribution in [2.45, 2.75) is 45.0 Å². The van der Waals surface area contributed by atoms with Crippen LogP contribution in [0.5, 0.6) is 0 Å². The fraction of sp³-hybridized carbons (Fsp3) is 0.524. The summed E-state index contributed by atoms with van der Waals surface area (Å²) in [6.45, 7) is 4.97. The number of hydrogen-bond donors (Lipinski definition) is 2. The Hall–Kier alpha value is -1.55. The number of likely N-dealkylation sites (tertiary alicyclic amines) is 1. The van der Waals surface area contributed by atoms with Gasteiger partial charge in [0, 0.05) is 11.6 Å². The molecular weight excluding hydrogens is 451 g/mol. The van der Waals surface area contributed by atoms with E-state index >= 15 is 0 Å². The van der Waals surface area contributed by atoms with Crippen LogP contribution in [0, 0.1) is 5.92 Å². The number of alkyl halides is 3. The Morgan fingerprint density at radius 3 is 2.61 bits per heavy atom. The van der Waals surface area contributed by atoms with Gasteiger partial charge in [0.05, 0.1) is 22.6 Å². The average Bonchev–Trinajstić information content (AvgIpc) is 3.01. The highest BCUT2D eigenvalue weighted by molar-refractivity contribution is 8.18. The van der Waals surface area contributed by atoms with Crippen molar-refractivity contribution >= 4 is 34.4 Å². The number of rotatable bonds is 5. The molecule has 0 spiro atoms. The third-order valence-electron chi connectivity index (χ3n) is 5.07. The molecule has 0 unspecified atom stereocenters. The average molecular weight is 476 g/mol. The second-order valence-electron chi connectivity index (χ2n) is 8.44. The van der Waals surface area contributed by atoms with Crippen molar-refractivity contribution in [3.8, 4) is 0 Å². The van der Waals surface area contributed by atoms with Crippen molar-refractivity contribution in [2.75, 3.05) is 19.6 Å². The monoisotopic (exact) mass is 475 g/mol. The van der Waals surface area contributed by atoms with Crippen LogP contribution in [0.4, 0.5) is 18.0 Å². The SMILES string of the molecule is CC(C)(O)CN=C1NC(=O)S/C1=C\C1CCN(Cc2ccc(Cl)cc2C(F)(F)F)CC1. The predicted octanol–water partition coefficient (Wildman–Crippen LogP) is 5.08. The number of piperidine rings is 1. The van der Waals surface area contributed by atoms with Gasteiger partial charge in [0.1, 0.15) is 5.84 Å². The van der Waals surface area contributed by atoms with Gasteiger partial charge in [0.15, 0.2) is 0 Å². The van der Waals surface area contributed by atoms with Gasteiger partial charge in [0.2, 0.25) is 0 Å². The third kappa shape index (κ3) is 6.97. The zero-order valence-electron chi connectivity index (χ0n) is 17.3. The first kappa shape index (κ1) is 24.1. The molecule has 0 aromatic heterocycles. The summed E-state index contributed by atoms with van der Waals surface area (Å²) >= 11 is 6.84. The summed E-state index contributed by atoms with van der Waals surface area (Å²) in [4.78, 5) is 18.8. The zero-order chi connectivity index (χ0) is 22.8. The predicted molar refractivity (Wildman–Crippen MR) is 117 cm³/mol. The van der Waals surface area contributed by atoms with E-state index in [0.717, 1.165) is 35.6 Å². The van der Waals surface area contributed by atoms with Crippen LogP contribution in [-0.2, 0) is 12.7 Å². The Balaban J connectivity index is 1.63. The molecule has 3 rings (SSSR count). The van der Waals surface area contributed by atoms with Crippen LogP contribution < -0.4 is 5.32 Å². The van der Waals surface area contributed by atoms with Gasteiger partial charge in [-0.25, -0.2) is 0 Å². The number of carbonyl (C=O) groups excluding carboxylic acids is 1. The van der Waals surface area contributed by atoms with E-state index in [-0.39, 0.29) is 34.8 Å². The lowest BCUT2D eigenvalue weighted by Crippen LogP contribution is -2.33. The van der Waals surface area contributed by atoms with Crippen LogP contribution in [0.1, 0.15) is 37.8 Å². The second-order valence-corrected chi connectivity index (χ2v) is 9.89. The lowest BCUT2D eigenvalue weighted by Gasteiger charge is -2.31. The molecule has 0 bridgehead atoms. The van der Waals surface area contributed by atoms with Crippen molar-refractivity contribution < 1.29 is 23.1 Å². The highest BCUT2D eigenvalue weighted by Crippen LogP contribution is 2.35. The molecular formula is C21H25ClF3N3O2S. The lowest BCUT2D eigenvalue weighted by atomic mass is 9.95. The molecule has 1 aromatic rings. The highest BCUT2D eigenvalue weighted by Gasteiger charge is 2.34. The fourth-order valence-electron chi connectivity index (χ4n) is 3.52. The van der Waals surface area contributed by atoms with Crippen molar-refractivity contribution in [1.82, 2.24) is 10.2 Å². The maximum Gasteiger partial charge on any atom is 0.416 e. The van der Waals surface area contributed by atoms with E-state index < -0.39 is 17.3 Å². The van der Waals surface area contributed by atoms with Gasteiger partial charge < -0.3 is 10.4 Å². The maximum absolute atomic E-state index is 13.3. The minimum Gasteiger partial charge on any atom is -0.389 e. The summed E-state index contributed by atoms with van der Waals surface area (Å²) in [5.74, 6) is 0.668. The number of halogens is 4. The third-order valence-corrected chi connectivity index (χ3v) is 6.14. The van der Waals surface area contributed by atoms with E-state index in [4.69, 9.17) is 11.6 Å². The minimum absolute atomic E-state index is 0.0701. The molecule has 2 heterocycles. The van der Waals surface area contributed by atoms with E-state index in [9.17, 15) is 23.1 Å². The van der Waals surface area contributed by atoms with Gasteiger partial charge in [-0.15, -0.1) is 0 Å². The molecule has 0 saturated carbocycles. The highest BCUT2D eigenvalue weighted by atomic mass is 35.5. The zero-order valence-corrected chi connectivity index (χ0v) is 18.9. The number of benzene rings is 1. The van der Waals surface area contributed by atoms with Crippen LogP contribution in [0.25, 0.3) is 0 Å². The number of thioether (sulfide) groups is 1. The van der Waals surface area contributed by atoms with Gasteiger partial charge in [-0.3, -0.25) is 14.7 Å². The second kappa shape index (κ2) is 9.52. The molecule has 2 aliphatic rings. The Morgan fingerprint density at radius 2 is 2.00 bits per heavy atom. The smallest absolute Gasteiger partial charge is 0.389 e. The van der Waals surface area contributed by atoms with Crippen LogP contribution in [0.3, 0.4) is 0 Å². The van der Waals surface area contributed by atoms with Crippen molar-refractivity contribution in [1.29, 1.82) is 0 Å². The van der Waals surface area contributed by atoms with Crippen LogP contribution in [0.2, 0.25) is 5.02 Å². The van der Waals surface area contributed by atoms with Crippen LogP contribution in [-0.4, -0.2) is 46.3 Å². The number of amidine groups is 1. The summed E-state index contributed by atoms with van der Waals surface area (Å²) in [5, 5.41) is 12.4. The van der Waals surface area contributed by atoms with Crippen molar-refractivity contribution in [3.05, 3.63) is 45.3 Å². The van der Waals surface area contributed by atoms with Gasteiger partial charge in [0.25, 0.3) is 5.24 Å². The number of aliphatic hydroxyl groups is 1. The molecule has 0 atom stereocenters. The van der Waals surface area contributed by atoms with Crippen LogP contribution in [0.15, 0.2) is 34.2 Å². The number of aliphatic imine (C=N–C) groups is 1. The number of nitrogens with one attached hydrogen (secondary N) is 1. The first-order valence-corrected chi connectivity index (χ1v) is 11.2. The topological polar surface area (TPSA) is 64.9 Å². The summed E-state index contributed by atoms with van der Waals surface area (Å²) < 4.78 is 40.0. The standard InChI is InChI=1S/C21H25ClF3N3O2S/c1-20(2,30)12-26-18-17(31-19(29)27-18)9-13-5-7-28(8-6-13)11-14-3-4-15(22)10-16(14)21(23,24)25/h3-4,9-10,13,30H,5-8,11-12H2,1-2H3,(H,26,27,29)/b17-9-. The molecule has 31 heavy (non-hydrogen) atoms. The molecule has 170 valence electrons. The molecule has 0 radical (unpaired) electrons. The Bertz CT molecular complexity index is 889. The molecule has 1 amide bonds. The van der Waals surface area contributed by atoms with E-state index in [1.807, 2.05) is 11.0 Å². The van der Waals surface area contributed by atoms with Gasteiger partial charge >= 0.3 is 6.18 Å². The summed E-state index contributed by atoms with van der Waals surface area (Å²) in [6.07, 6.45) is -0.897. The Morgan fingerprint density at radius 1 is 1.32 bits per heavy atom. The number of hydrogen-bond acceptors (Lipinski definition) is 5. The molecule has 1 aromatic carbocycles. The quantitative estimate of drug-likeness (QED) is 0.623. The first-order valence-electron chi connectivity index (χ1n) is 9.96. The largest absolute Gasteiger partial charge is 0.416 e. The molecule has 0 aliphatic carbocycles. The number of carbonyl (C=O) groups is 1. The Labute approximate surface area is 188 Å². The van der Waals surface area contributed by atoms with Crippen LogP contribution >= 0.6 is 23.4 Å². The number of allylic oxidation sites excluding steroid dienone is 1. The summed E-state index contributed by atoms with van der Waals surface area (Å²) in [7, 11) is 0. The van der Waals surface area contributed by atoms with E-state index in [0.29, 0.717) is 18.9 Å². The first-order chi connectivity index (χ1) is 14.4. The van der Waals surface area contributed by atoms with E-state index in [1.165, 1.54) is 12.1 Å². The molecule has 2 aliphatic heterocycles. The number of amides is 1. The Kier molecular flexibility index (Phi) is 7.40. The molecule has 5 nitrogen and oxygen atoms in total. The number of nitrogens with zero attached hydrogens (tertiary/aromatic N) is 2. The van der Waals surface area contributed by atoms with Gasteiger partial charge in [-0.05, 0) is 75.2 Å². The fourth-order valence-corrected chi connectivity index (χ4v) is 4.51. The molecule has 2 saturated heterocycles. The maximum atomic E-state index is 13.3. The van der Waals surface area contributed by atoms with Gasteiger partial charge in [-0.2, -0.15) is 13.2 Å². The lowest BCUT2D eigenvalue weighted by molar-refractivity contribution is -0.138. The minimum atomic E-state index is -4.44. The molecule has 10 heteroatoms. The molecule has 2 N–H and O–H groups in total. The van der Waals surface area contributed by atoms with Crippen molar-refractivity contribution in [2.24, 2.45) is 10.9 Å².